The number of rotatable bonds is 3. The van der Waals surface area contributed by atoms with Crippen LogP contribution in [0.15, 0.2) is 24.5 Å². The molecule has 3 aromatic heterocycles. The molecule has 0 bridgehead atoms. The molecule has 104 valence electrons. The number of pyridine rings is 1. The molecule has 0 spiro atoms. The number of hydrogen-bond acceptors (Lipinski definition) is 3. The second kappa shape index (κ2) is 5.00. The van der Waals surface area contributed by atoms with Crippen molar-refractivity contribution >= 4 is 34.7 Å². The maximum atomic E-state index is 6.18. The Labute approximate surface area is 125 Å². The van der Waals surface area contributed by atoms with Crippen LogP contribution in [0.4, 0.5) is 5.82 Å². The summed E-state index contributed by atoms with van der Waals surface area (Å²) in [5, 5.41) is 5.27. The fraction of sp³-hybridized carbons (Fsp3) is 0.231. The zero-order chi connectivity index (χ0) is 14.3. The number of nitrogens with zero attached hydrogens (tertiary/aromatic N) is 4. The Morgan fingerprint density at radius 1 is 1.35 bits per heavy atom. The Morgan fingerprint density at radius 2 is 2.15 bits per heavy atom. The van der Waals surface area contributed by atoms with E-state index in [-0.39, 0.29) is 0 Å². The molecule has 2 N–H and O–H groups in total. The van der Waals surface area contributed by atoms with Gasteiger partial charge in [-0.05, 0) is 18.6 Å². The van der Waals surface area contributed by atoms with Gasteiger partial charge in [0, 0.05) is 18.9 Å². The van der Waals surface area contributed by atoms with Gasteiger partial charge in [0.1, 0.15) is 11.5 Å². The molecule has 0 aliphatic heterocycles. The van der Waals surface area contributed by atoms with Gasteiger partial charge in [-0.15, -0.1) is 0 Å². The molecular weight excluding hydrogens is 297 g/mol. The molecule has 0 fully saturated rings. The summed E-state index contributed by atoms with van der Waals surface area (Å²) in [6.45, 7) is 2.90. The lowest BCUT2D eigenvalue weighted by molar-refractivity contribution is 0.608. The lowest BCUT2D eigenvalue weighted by Gasteiger charge is -2.04. The highest BCUT2D eigenvalue weighted by molar-refractivity contribution is 6.36. The van der Waals surface area contributed by atoms with Gasteiger partial charge in [-0.3, -0.25) is 9.08 Å². The molecule has 3 rings (SSSR count). The second-order valence-electron chi connectivity index (χ2n) is 4.49. The smallest absolute Gasteiger partial charge is 0.158 e. The number of nitrogens with two attached hydrogens (primary N) is 1. The fourth-order valence-corrected chi connectivity index (χ4v) is 2.72. The van der Waals surface area contributed by atoms with Crippen LogP contribution >= 0.6 is 23.2 Å². The standard InChI is InChI=1S/C13H13Cl2N5/c1-2-5-20-10(3-4-17-20)11-12(16)19-7-8(14)6-9(15)13(19)18-11/h3-4,6-7H,2,5,16H2,1H3. The fourth-order valence-electron chi connectivity index (χ4n) is 2.20. The Morgan fingerprint density at radius 3 is 2.90 bits per heavy atom. The van der Waals surface area contributed by atoms with E-state index in [0.717, 1.165) is 18.7 Å². The van der Waals surface area contributed by atoms with Crippen molar-refractivity contribution in [2.45, 2.75) is 19.9 Å². The van der Waals surface area contributed by atoms with E-state index in [1.165, 1.54) is 0 Å². The van der Waals surface area contributed by atoms with Crippen LogP contribution in [0.1, 0.15) is 13.3 Å². The van der Waals surface area contributed by atoms with Crippen molar-refractivity contribution in [2.75, 3.05) is 5.73 Å². The molecule has 0 atom stereocenters. The van der Waals surface area contributed by atoms with Crippen LogP contribution in [0.25, 0.3) is 17.0 Å². The minimum atomic E-state index is 0.469. The molecule has 7 heteroatoms. The first-order chi connectivity index (χ1) is 9.61. The molecule has 0 saturated carbocycles. The van der Waals surface area contributed by atoms with E-state index < -0.39 is 0 Å². The molecular formula is C13H13Cl2N5. The number of anilines is 1. The van der Waals surface area contributed by atoms with Gasteiger partial charge in [0.2, 0.25) is 0 Å². The Balaban J connectivity index is 2.24. The predicted molar refractivity (Wildman–Crippen MR) is 81.1 cm³/mol. The van der Waals surface area contributed by atoms with Gasteiger partial charge < -0.3 is 5.73 Å². The average molecular weight is 310 g/mol. The minimum Gasteiger partial charge on any atom is -0.383 e. The lowest BCUT2D eigenvalue weighted by atomic mass is 10.3. The normalized spacial score (nSPS) is 11.3. The largest absolute Gasteiger partial charge is 0.383 e. The van der Waals surface area contributed by atoms with E-state index in [1.54, 1.807) is 22.9 Å². The molecule has 5 nitrogen and oxygen atoms in total. The summed E-state index contributed by atoms with van der Waals surface area (Å²) in [7, 11) is 0. The van der Waals surface area contributed by atoms with E-state index in [9.17, 15) is 0 Å². The number of hydrogen-bond donors (Lipinski definition) is 1. The maximum absolute atomic E-state index is 6.18. The van der Waals surface area contributed by atoms with Gasteiger partial charge in [-0.2, -0.15) is 5.10 Å². The summed E-state index contributed by atoms with van der Waals surface area (Å²) in [5.74, 6) is 0.502. The summed E-state index contributed by atoms with van der Waals surface area (Å²) in [4.78, 5) is 4.52. The van der Waals surface area contributed by atoms with Crippen LogP contribution in [0.2, 0.25) is 10.0 Å². The number of aromatic nitrogens is 4. The van der Waals surface area contributed by atoms with E-state index in [4.69, 9.17) is 28.9 Å². The molecule has 0 radical (unpaired) electrons. The number of fused-ring (bicyclic) bond motifs is 1. The molecule has 0 amide bonds. The molecule has 20 heavy (non-hydrogen) atoms. The molecule has 0 unspecified atom stereocenters. The summed E-state index contributed by atoms with van der Waals surface area (Å²) >= 11 is 12.2. The van der Waals surface area contributed by atoms with Crippen molar-refractivity contribution in [3.63, 3.8) is 0 Å². The molecule has 0 aromatic carbocycles. The van der Waals surface area contributed by atoms with E-state index in [1.807, 2.05) is 10.7 Å². The van der Waals surface area contributed by atoms with Crippen molar-refractivity contribution in [3.05, 3.63) is 34.6 Å². The molecule has 3 heterocycles. The SMILES string of the molecule is CCCn1nccc1-c1nc2c(Cl)cc(Cl)cn2c1N. The van der Waals surface area contributed by atoms with Gasteiger partial charge in [0.05, 0.1) is 15.7 Å². The van der Waals surface area contributed by atoms with Crippen molar-refractivity contribution in [2.24, 2.45) is 0 Å². The first-order valence-electron chi connectivity index (χ1n) is 6.26. The van der Waals surface area contributed by atoms with Crippen molar-refractivity contribution in [3.8, 4) is 11.4 Å². The zero-order valence-electron chi connectivity index (χ0n) is 10.8. The van der Waals surface area contributed by atoms with Gasteiger partial charge in [0.15, 0.2) is 5.65 Å². The quantitative estimate of drug-likeness (QED) is 0.805. The van der Waals surface area contributed by atoms with Crippen molar-refractivity contribution in [1.29, 1.82) is 0 Å². The number of aryl methyl sites for hydroxylation is 1. The third-order valence-corrected chi connectivity index (χ3v) is 3.56. The predicted octanol–water partition coefficient (Wildman–Crippen LogP) is 3.50. The Bertz CT molecular complexity index is 775. The number of nitrogen functional groups attached to an aromatic ring is 1. The third kappa shape index (κ3) is 2.03. The summed E-state index contributed by atoms with van der Waals surface area (Å²) < 4.78 is 3.58. The lowest BCUT2D eigenvalue weighted by Crippen LogP contribution is -2.02. The van der Waals surface area contributed by atoms with E-state index in [0.29, 0.717) is 27.2 Å². The monoisotopic (exact) mass is 309 g/mol. The van der Waals surface area contributed by atoms with Crippen LogP contribution in [0, 0.1) is 0 Å². The molecule has 0 aliphatic carbocycles. The molecule has 0 aliphatic rings. The van der Waals surface area contributed by atoms with Crippen molar-refractivity contribution in [1.82, 2.24) is 19.2 Å². The van der Waals surface area contributed by atoms with Crippen molar-refractivity contribution < 1.29 is 0 Å². The van der Waals surface area contributed by atoms with Crippen LogP contribution in [-0.4, -0.2) is 19.2 Å². The van der Waals surface area contributed by atoms with E-state index in [2.05, 4.69) is 17.0 Å². The maximum Gasteiger partial charge on any atom is 0.158 e. The van der Waals surface area contributed by atoms with Gasteiger partial charge >= 0.3 is 0 Å². The summed E-state index contributed by atoms with van der Waals surface area (Å²) in [5.41, 5.74) is 8.31. The first kappa shape index (κ1) is 13.3. The highest BCUT2D eigenvalue weighted by Crippen LogP contribution is 2.31. The third-order valence-electron chi connectivity index (χ3n) is 3.07. The van der Waals surface area contributed by atoms with Crippen LogP contribution in [0.5, 0.6) is 0 Å². The number of imidazole rings is 1. The first-order valence-corrected chi connectivity index (χ1v) is 7.02. The van der Waals surface area contributed by atoms with Gasteiger partial charge in [0.25, 0.3) is 0 Å². The van der Waals surface area contributed by atoms with Crippen LogP contribution < -0.4 is 5.73 Å². The van der Waals surface area contributed by atoms with Crippen LogP contribution in [-0.2, 0) is 6.54 Å². The molecule has 0 saturated heterocycles. The topological polar surface area (TPSA) is 61.1 Å². The summed E-state index contributed by atoms with van der Waals surface area (Å²) in [6, 6.07) is 3.54. The average Bonchev–Trinajstić information content (AvgIpc) is 2.96. The highest BCUT2D eigenvalue weighted by Gasteiger charge is 2.17. The van der Waals surface area contributed by atoms with Crippen LogP contribution in [0.3, 0.4) is 0 Å². The Hall–Kier alpha value is -1.72. The Kier molecular flexibility index (Phi) is 3.31. The zero-order valence-corrected chi connectivity index (χ0v) is 12.4. The van der Waals surface area contributed by atoms with Gasteiger partial charge in [-0.1, -0.05) is 30.1 Å². The van der Waals surface area contributed by atoms with Gasteiger partial charge in [-0.25, -0.2) is 4.98 Å². The van der Waals surface area contributed by atoms with E-state index >= 15 is 0 Å². The summed E-state index contributed by atoms with van der Waals surface area (Å²) in [6.07, 6.45) is 4.42. The molecule has 3 aromatic rings. The second-order valence-corrected chi connectivity index (χ2v) is 5.33. The number of halogens is 2. The highest BCUT2D eigenvalue weighted by atomic mass is 35.5. The minimum absolute atomic E-state index is 0.469.